The number of hydrogen-bond acceptors (Lipinski definition) is 3. The van der Waals surface area contributed by atoms with E-state index in [4.69, 9.17) is 0 Å². The zero-order chi connectivity index (χ0) is 11.1. The van der Waals surface area contributed by atoms with Gasteiger partial charge in [0.25, 0.3) is 0 Å². The van der Waals surface area contributed by atoms with E-state index in [0.717, 1.165) is 12.8 Å². The minimum atomic E-state index is -0.550. The third kappa shape index (κ3) is 1.76. The van der Waals surface area contributed by atoms with Crippen molar-refractivity contribution in [2.24, 2.45) is 0 Å². The van der Waals surface area contributed by atoms with Crippen molar-refractivity contribution in [1.29, 1.82) is 0 Å². The zero-order valence-electron chi connectivity index (χ0n) is 8.91. The van der Waals surface area contributed by atoms with Crippen molar-refractivity contribution < 1.29 is 9.90 Å². The Bertz CT molecular complexity index is 404. The minimum Gasteiger partial charge on any atom is -0.510 e. The summed E-state index contributed by atoms with van der Waals surface area (Å²) in [5.41, 5.74) is 1.69. The van der Waals surface area contributed by atoms with Crippen LogP contribution in [0.1, 0.15) is 26.7 Å². The van der Waals surface area contributed by atoms with Crippen molar-refractivity contribution in [1.82, 2.24) is 0 Å². The number of allylic oxidation sites excluding steroid dienone is 3. The topological polar surface area (TPSA) is 37.3 Å². The normalized spacial score (nSPS) is 33.5. The largest absolute Gasteiger partial charge is 0.510 e. The zero-order valence-corrected chi connectivity index (χ0v) is 9.73. The molecule has 2 nitrogen and oxygen atoms in total. The summed E-state index contributed by atoms with van der Waals surface area (Å²) in [5, 5.41) is 9.90. The molecule has 0 amide bonds. The number of carbonyl (C=O) groups excluding carboxylic acids is 1. The van der Waals surface area contributed by atoms with E-state index in [0.29, 0.717) is 5.57 Å². The molecule has 0 aromatic rings. The smallest absolute Gasteiger partial charge is 0.219 e. The van der Waals surface area contributed by atoms with Crippen LogP contribution in [0.25, 0.3) is 0 Å². The Hall–Kier alpha value is -0.960. The van der Waals surface area contributed by atoms with Crippen molar-refractivity contribution in [2.45, 2.75) is 31.4 Å². The lowest BCUT2D eigenvalue weighted by molar-refractivity contribution is -0.107. The first kappa shape index (κ1) is 10.6. The first-order chi connectivity index (χ1) is 7.03. The molecule has 2 aliphatic rings. The fourth-order valence-corrected chi connectivity index (χ4v) is 3.02. The molecular formula is C12H14O2S. The van der Waals surface area contributed by atoms with E-state index in [1.54, 1.807) is 6.92 Å². The van der Waals surface area contributed by atoms with Crippen LogP contribution < -0.4 is 0 Å². The molecule has 1 N–H and O–H groups in total. The van der Waals surface area contributed by atoms with E-state index in [1.165, 1.54) is 17.3 Å². The second-order valence-corrected chi connectivity index (χ2v) is 5.55. The van der Waals surface area contributed by atoms with Crippen LogP contribution in [0.3, 0.4) is 0 Å². The van der Waals surface area contributed by atoms with E-state index >= 15 is 0 Å². The van der Waals surface area contributed by atoms with Crippen molar-refractivity contribution >= 4 is 16.9 Å². The van der Waals surface area contributed by atoms with Gasteiger partial charge in [-0.2, -0.15) is 0 Å². The molecule has 0 saturated carbocycles. The quantitative estimate of drug-likeness (QED) is 0.740. The maximum atomic E-state index is 11.5. The fraction of sp³-hybridized carbons (Fsp3) is 0.417. The highest BCUT2D eigenvalue weighted by molar-refractivity contribution is 8.16. The molecule has 3 heteroatoms. The first-order valence-corrected chi connectivity index (χ1v) is 5.86. The second kappa shape index (κ2) is 3.56. The molecule has 15 heavy (non-hydrogen) atoms. The number of thioether (sulfide) groups is 1. The fourth-order valence-electron chi connectivity index (χ4n) is 1.93. The maximum absolute atomic E-state index is 11.5. The molecule has 0 bridgehead atoms. The molecule has 80 valence electrons. The van der Waals surface area contributed by atoms with Crippen LogP contribution in [0, 0.1) is 0 Å². The minimum absolute atomic E-state index is 0.0196. The number of aliphatic hydroxyl groups excluding tert-OH is 1. The van der Waals surface area contributed by atoms with Crippen LogP contribution in [-0.4, -0.2) is 15.0 Å². The number of hydrogen-bond donors (Lipinski definition) is 1. The van der Waals surface area contributed by atoms with Gasteiger partial charge in [0.15, 0.2) is 0 Å². The van der Waals surface area contributed by atoms with Gasteiger partial charge < -0.3 is 5.11 Å². The van der Waals surface area contributed by atoms with E-state index < -0.39 is 4.75 Å². The molecule has 2 rings (SSSR count). The van der Waals surface area contributed by atoms with Crippen LogP contribution in [0.2, 0.25) is 0 Å². The van der Waals surface area contributed by atoms with Gasteiger partial charge in [0.05, 0.1) is 4.75 Å². The number of carbonyl (C=O) groups is 1. The second-order valence-electron chi connectivity index (χ2n) is 4.13. The van der Waals surface area contributed by atoms with Crippen LogP contribution >= 0.6 is 11.8 Å². The summed E-state index contributed by atoms with van der Waals surface area (Å²) < 4.78 is -0.550. The lowest BCUT2D eigenvalue weighted by atomic mass is 10.0. The van der Waals surface area contributed by atoms with Crippen LogP contribution in [0.4, 0.5) is 0 Å². The van der Waals surface area contributed by atoms with E-state index in [1.807, 2.05) is 13.0 Å². The van der Waals surface area contributed by atoms with Crippen LogP contribution in [0.5, 0.6) is 0 Å². The number of rotatable bonds is 1. The Kier molecular flexibility index (Phi) is 2.51. The predicted molar refractivity (Wildman–Crippen MR) is 62.8 cm³/mol. The van der Waals surface area contributed by atoms with Crippen molar-refractivity contribution in [2.75, 3.05) is 0 Å². The van der Waals surface area contributed by atoms with Gasteiger partial charge >= 0.3 is 0 Å². The highest BCUT2D eigenvalue weighted by atomic mass is 32.2. The Morgan fingerprint density at radius 3 is 2.80 bits per heavy atom. The summed E-state index contributed by atoms with van der Waals surface area (Å²) in [7, 11) is 0. The van der Waals surface area contributed by atoms with Crippen molar-refractivity contribution in [3.05, 3.63) is 35.1 Å². The molecular weight excluding hydrogens is 208 g/mol. The van der Waals surface area contributed by atoms with E-state index in [9.17, 15) is 9.90 Å². The van der Waals surface area contributed by atoms with Gasteiger partial charge in [-0.1, -0.05) is 35.6 Å². The van der Waals surface area contributed by atoms with Gasteiger partial charge in [0.2, 0.25) is 5.12 Å². The third-order valence-electron chi connectivity index (χ3n) is 2.83. The number of aliphatic hydroxyl groups is 1. The molecule has 0 saturated heterocycles. The summed E-state index contributed by atoms with van der Waals surface area (Å²) >= 11 is 1.20. The summed E-state index contributed by atoms with van der Waals surface area (Å²) in [6, 6.07) is 0. The van der Waals surface area contributed by atoms with Gasteiger partial charge in [0.1, 0.15) is 5.76 Å². The van der Waals surface area contributed by atoms with Gasteiger partial charge in [-0.05, 0) is 26.7 Å². The summed E-state index contributed by atoms with van der Waals surface area (Å²) in [6.45, 7) is 3.57. The Morgan fingerprint density at radius 2 is 2.33 bits per heavy atom. The highest BCUT2D eigenvalue weighted by Gasteiger charge is 2.40. The molecule has 0 fully saturated rings. The standard InChI is InChI=1S/C12H14O2S/c1-8-10(13)12(2,15-11(8)14)7-9-5-3-4-6-9/h3,5,7,13H,4,6H2,1-2H3/b9-7-/t12-/m0/s1. The highest BCUT2D eigenvalue weighted by Crippen LogP contribution is 2.44. The molecule has 1 atom stereocenters. The Morgan fingerprint density at radius 1 is 1.60 bits per heavy atom. The first-order valence-electron chi connectivity index (χ1n) is 5.05. The van der Waals surface area contributed by atoms with E-state index in [2.05, 4.69) is 12.2 Å². The summed E-state index contributed by atoms with van der Waals surface area (Å²) in [4.78, 5) is 11.5. The maximum Gasteiger partial charge on any atom is 0.219 e. The van der Waals surface area contributed by atoms with Crippen molar-refractivity contribution in [3.63, 3.8) is 0 Å². The van der Waals surface area contributed by atoms with Gasteiger partial charge in [-0.25, -0.2) is 0 Å². The third-order valence-corrected chi connectivity index (χ3v) is 4.06. The molecule has 1 aliphatic heterocycles. The average Bonchev–Trinajstić information content (AvgIpc) is 2.72. The van der Waals surface area contributed by atoms with E-state index in [-0.39, 0.29) is 10.9 Å². The average molecular weight is 222 g/mol. The molecule has 0 aromatic heterocycles. The van der Waals surface area contributed by atoms with Gasteiger partial charge in [-0.3, -0.25) is 4.79 Å². The van der Waals surface area contributed by atoms with Crippen molar-refractivity contribution in [3.8, 4) is 0 Å². The Balaban J connectivity index is 2.33. The lowest BCUT2D eigenvalue weighted by Gasteiger charge is -2.18. The van der Waals surface area contributed by atoms with Gasteiger partial charge in [0, 0.05) is 5.57 Å². The van der Waals surface area contributed by atoms with Crippen LogP contribution in [0.15, 0.2) is 35.1 Å². The predicted octanol–water partition coefficient (Wildman–Crippen LogP) is 3.13. The molecule has 0 unspecified atom stereocenters. The lowest BCUT2D eigenvalue weighted by Crippen LogP contribution is -2.17. The molecule has 0 spiro atoms. The monoisotopic (exact) mass is 222 g/mol. The molecule has 1 heterocycles. The molecule has 1 aliphatic carbocycles. The summed E-state index contributed by atoms with van der Waals surface area (Å²) in [5.74, 6) is 0.213. The van der Waals surface area contributed by atoms with Gasteiger partial charge in [-0.15, -0.1) is 0 Å². The molecule has 0 radical (unpaired) electrons. The molecule has 0 aromatic carbocycles. The Labute approximate surface area is 93.8 Å². The SMILES string of the molecule is CC1=C(O)[C@](C)(/C=C2/C=CCC2)SC1=O. The summed E-state index contributed by atoms with van der Waals surface area (Å²) in [6.07, 6.45) is 8.26. The van der Waals surface area contributed by atoms with Crippen LogP contribution in [-0.2, 0) is 4.79 Å².